The molecule has 7 heteroatoms. The standard InChI is InChI=1S/C21H28N4O2S/c1-14(2)21-24-17(13-28-21)11-23-19(26)10-18-20(27)22-8-9-25(18)12-16-7-5-4-6-15(16)3/h4-7,13-14,18H,8-12H2,1-3H3,(H,22,27)(H,23,26). The van der Waals surface area contributed by atoms with Gasteiger partial charge in [0.2, 0.25) is 11.8 Å². The van der Waals surface area contributed by atoms with Crippen molar-refractivity contribution >= 4 is 23.2 Å². The Balaban J connectivity index is 1.59. The van der Waals surface area contributed by atoms with Crippen molar-refractivity contribution in [1.82, 2.24) is 20.5 Å². The number of nitrogens with one attached hydrogen (secondary N) is 2. The Morgan fingerprint density at radius 2 is 2.18 bits per heavy atom. The number of piperazine rings is 1. The van der Waals surface area contributed by atoms with E-state index in [0.717, 1.165) is 17.2 Å². The summed E-state index contributed by atoms with van der Waals surface area (Å²) in [6, 6.07) is 7.71. The third kappa shape index (κ3) is 5.17. The molecule has 1 saturated heterocycles. The molecule has 1 aromatic heterocycles. The highest BCUT2D eigenvalue weighted by Crippen LogP contribution is 2.19. The molecule has 28 heavy (non-hydrogen) atoms. The normalized spacial score (nSPS) is 17.6. The van der Waals surface area contributed by atoms with Crippen LogP contribution in [0.5, 0.6) is 0 Å². The molecule has 1 aliphatic rings. The molecule has 0 bridgehead atoms. The number of carbonyl (C=O) groups excluding carboxylic acids is 2. The van der Waals surface area contributed by atoms with E-state index in [-0.39, 0.29) is 18.2 Å². The summed E-state index contributed by atoms with van der Waals surface area (Å²) in [4.78, 5) is 31.6. The number of rotatable bonds is 7. The largest absolute Gasteiger partial charge is 0.353 e. The zero-order chi connectivity index (χ0) is 20.1. The van der Waals surface area contributed by atoms with Crippen LogP contribution in [0, 0.1) is 6.92 Å². The highest BCUT2D eigenvalue weighted by Gasteiger charge is 2.31. The number of amides is 2. The Kier molecular flexibility index (Phi) is 6.80. The minimum Gasteiger partial charge on any atom is -0.353 e. The summed E-state index contributed by atoms with van der Waals surface area (Å²) in [6.45, 7) is 8.69. The summed E-state index contributed by atoms with van der Waals surface area (Å²) in [5, 5.41) is 8.85. The Morgan fingerprint density at radius 1 is 1.39 bits per heavy atom. The highest BCUT2D eigenvalue weighted by molar-refractivity contribution is 7.09. The van der Waals surface area contributed by atoms with Gasteiger partial charge in [0, 0.05) is 30.9 Å². The van der Waals surface area contributed by atoms with E-state index in [2.05, 4.69) is 53.4 Å². The van der Waals surface area contributed by atoms with Crippen molar-refractivity contribution in [2.24, 2.45) is 0 Å². The van der Waals surface area contributed by atoms with Gasteiger partial charge in [0.05, 0.1) is 29.7 Å². The van der Waals surface area contributed by atoms with Crippen LogP contribution >= 0.6 is 11.3 Å². The first-order valence-corrected chi connectivity index (χ1v) is 10.6. The van der Waals surface area contributed by atoms with Crippen LogP contribution in [0.15, 0.2) is 29.6 Å². The van der Waals surface area contributed by atoms with Crippen LogP contribution in [-0.4, -0.2) is 40.8 Å². The molecule has 1 fully saturated rings. The summed E-state index contributed by atoms with van der Waals surface area (Å²) >= 11 is 1.61. The molecule has 2 heterocycles. The van der Waals surface area contributed by atoms with Gasteiger partial charge in [-0.3, -0.25) is 14.5 Å². The van der Waals surface area contributed by atoms with Crippen molar-refractivity contribution < 1.29 is 9.59 Å². The van der Waals surface area contributed by atoms with E-state index in [9.17, 15) is 9.59 Å². The lowest BCUT2D eigenvalue weighted by atomic mass is 10.0. The van der Waals surface area contributed by atoms with Gasteiger partial charge in [0.1, 0.15) is 0 Å². The first-order chi connectivity index (χ1) is 13.4. The van der Waals surface area contributed by atoms with E-state index < -0.39 is 6.04 Å². The summed E-state index contributed by atoms with van der Waals surface area (Å²) in [6.07, 6.45) is 0.152. The molecule has 3 rings (SSSR count). The van der Waals surface area contributed by atoms with Crippen molar-refractivity contribution in [3.63, 3.8) is 0 Å². The number of aromatic nitrogens is 1. The molecule has 2 N–H and O–H groups in total. The summed E-state index contributed by atoms with van der Waals surface area (Å²) in [7, 11) is 0. The third-order valence-electron chi connectivity index (χ3n) is 4.99. The Hall–Kier alpha value is -2.25. The molecule has 0 radical (unpaired) electrons. The monoisotopic (exact) mass is 400 g/mol. The number of nitrogens with zero attached hydrogens (tertiary/aromatic N) is 2. The summed E-state index contributed by atoms with van der Waals surface area (Å²) < 4.78 is 0. The lowest BCUT2D eigenvalue weighted by molar-refractivity contribution is -0.134. The SMILES string of the molecule is Cc1ccccc1CN1CCNC(=O)C1CC(=O)NCc1csc(C(C)C)n1. The molecule has 1 atom stereocenters. The Labute approximate surface area is 170 Å². The molecule has 1 aromatic carbocycles. The summed E-state index contributed by atoms with van der Waals surface area (Å²) in [5.41, 5.74) is 3.25. The van der Waals surface area contributed by atoms with E-state index in [0.29, 0.717) is 25.6 Å². The fourth-order valence-corrected chi connectivity index (χ4v) is 4.12. The maximum Gasteiger partial charge on any atom is 0.237 e. The van der Waals surface area contributed by atoms with Gasteiger partial charge >= 0.3 is 0 Å². The molecule has 0 aliphatic carbocycles. The topological polar surface area (TPSA) is 74.3 Å². The van der Waals surface area contributed by atoms with Crippen molar-refractivity contribution in [2.45, 2.75) is 52.2 Å². The number of carbonyl (C=O) groups is 2. The van der Waals surface area contributed by atoms with Crippen LogP contribution < -0.4 is 10.6 Å². The number of hydrogen-bond acceptors (Lipinski definition) is 5. The molecule has 0 spiro atoms. The predicted octanol–water partition coefficient (Wildman–Crippen LogP) is 2.58. The first-order valence-electron chi connectivity index (χ1n) is 9.71. The van der Waals surface area contributed by atoms with E-state index in [1.165, 1.54) is 11.1 Å². The van der Waals surface area contributed by atoms with Crippen LogP contribution in [0.1, 0.15) is 48.0 Å². The highest BCUT2D eigenvalue weighted by atomic mass is 32.1. The number of benzene rings is 1. The molecule has 0 saturated carbocycles. The molecular weight excluding hydrogens is 372 g/mol. The van der Waals surface area contributed by atoms with Crippen LogP contribution in [0.2, 0.25) is 0 Å². The van der Waals surface area contributed by atoms with Crippen LogP contribution in [0.3, 0.4) is 0 Å². The molecule has 1 unspecified atom stereocenters. The van der Waals surface area contributed by atoms with Gasteiger partial charge in [-0.1, -0.05) is 38.1 Å². The van der Waals surface area contributed by atoms with E-state index in [1.54, 1.807) is 11.3 Å². The quantitative estimate of drug-likeness (QED) is 0.749. The Morgan fingerprint density at radius 3 is 2.89 bits per heavy atom. The smallest absolute Gasteiger partial charge is 0.237 e. The van der Waals surface area contributed by atoms with Gasteiger partial charge in [-0.25, -0.2) is 4.98 Å². The molecule has 2 aromatic rings. The Bertz CT molecular complexity index is 833. The van der Waals surface area contributed by atoms with Gasteiger partial charge < -0.3 is 10.6 Å². The van der Waals surface area contributed by atoms with Crippen LogP contribution in [0.4, 0.5) is 0 Å². The van der Waals surface area contributed by atoms with Gasteiger partial charge in [0.15, 0.2) is 0 Å². The average Bonchev–Trinajstić information content (AvgIpc) is 3.14. The lowest BCUT2D eigenvalue weighted by Gasteiger charge is -2.35. The van der Waals surface area contributed by atoms with Gasteiger partial charge in [-0.2, -0.15) is 0 Å². The maximum absolute atomic E-state index is 12.5. The third-order valence-corrected chi connectivity index (χ3v) is 6.18. The zero-order valence-corrected chi connectivity index (χ0v) is 17.5. The fraction of sp³-hybridized carbons (Fsp3) is 0.476. The number of hydrogen-bond donors (Lipinski definition) is 2. The van der Waals surface area contributed by atoms with Crippen molar-refractivity contribution in [3.05, 3.63) is 51.5 Å². The van der Waals surface area contributed by atoms with E-state index in [4.69, 9.17) is 0 Å². The van der Waals surface area contributed by atoms with Gasteiger partial charge in [-0.05, 0) is 18.1 Å². The lowest BCUT2D eigenvalue weighted by Crippen LogP contribution is -2.56. The predicted molar refractivity (Wildman–Crippen MR) is 111 cm³/mol. The summed E-state index contributed by atoms with van der Waals surface area (Å²) in [5.74, 6) is 0.178. The fourth-order valence-electron chi connectivity index (χ4n) is 3.29. The van der Waals surface area contributed by atoms with Gasteiger partial charge in [0.25, 0.3) is 0 Å². The average molecular weight is 401 g/mol. The minimum absolute atomic E-state index is 0.0780. The molecule has 150 valence electrons. The van der Waals surface area contributed by atoms with Gasteiger partial charge in [-0.15, -0.1) is 11.3 Å². The zero-order valence-electron chi connectivity index (χ0n) is 16.7. The number of aryl methyl sites for hydroxylation is 1. The van der Waals surface area contributed by atoms with Crippen molar-refractivity contribution in [2.75, 3.05) is 13.1 Å². The van der Waals surface area contributed by atoms with E-state index >= 15 is 0 Å². The molecule has 6 nitrogen and oxygen atoms in total. The number of thiazole rings is 1. The van der Waals surface area contributed by atoms with Crippen LogP contribution in [0.25, 0.3) is 0 Å². The van der Waals surface area contributed by atoms with Crippen molar-refractivity contribution in [3.8, 4) is 0 Å². The second-order valence-corrected chi connectivity index (χ2v) is 8.41. The maximum atomic E-state index is 12.5. The second kappa shape index (κ2) is 9.30. The van der Waals surface area contributed by atoms with Crippen LogP contribution in [-0.2, 0) is 22.7 Å². The minimum atomic E-state index is -0.449. The molecular formula is C21H28N4O2S. The first kappa shape index (κ1) is 20.5. The van der Waals surface area contributed by atoms with Crippen molar-refractivity contribution in [1.29, 1.82) is 0 Å². The molecule has 1 aliphatic heterocycles. The van der Waals surface area contributed by atoms with E-state index in [1.807, 2.05) is 17.5 Å². The second-order valence-electron chi connectivity index (χ2n) is 7.52. The molecule has 2 amide bonds.